The van der Waals surface area contributed by atoms with E-state index in [-0.39, 0.29) is 61.3 Å². The number of amides is 2. The fourth-order valence-electron chi connectivity index (χ4n) is 6.93. The van der Waals surface area contributed by atoms with Gasteiger partial charge < -0.3 is 44.6 Å². The van der Waals surface area contributed by atoms with Crippen LogP contribution in [0.25, 0.3) is 43.9 Å². The van der Waals surface area contributed by atoms with Gasteiger partial charge in [0.15, 0.2) is 23.3 Å². The molecular weight excluding hydrogens is 1160 g/mol. The number of pyridine rings is 2. The molecule has 0 aliphatic carbocycles. The number of nitrogens with zero attached hydrogens (tertiary/aromatic N) is 8. The van der Waals surface area contributed by atoms with E-state index in [1.54, 1.807) is 18.9 Å². The average molecular weight is 1200 g/mol. The highest BCUT2D eigenvalue weighted by Crippen LogP contribution is 2.23. The maximum atomic E-state index is 13.5. The summed E-state index contributed by atoms with van der Waals surface area (Å²) in [6, 6.07) is 18.3. The van der Waals surface area contributed by atoms with Crippen molar-refractivity contribution >= 4 is 78.3 Å². The van der Waals surface area contributed by atoms with E-state index >= 15 is 0 Å². The van der Waals surface area contributed by atoms with Gasteiger partial charge >= 0.3 is 0 Å². The van der Waals surface area contributed by atoms with Crippen LogP contribution < -0.4 is 45.7 Å². The van der Waals surface area contributed by atoms with Crippen molar-refractivity contribution < 1.29 is 51.1 Å². The Balaban J connectivity index is 0.000000175. The average Bonchev–Trinajstić information content (AvgIpc) is 4.07. The predicted octanol–water partition coefficient (Wildman–Crippen LogP) is 3.43. The summed E-state index contributed by atoms with van der Waals surface area (Å²) >= 11 is 2.29. The van der Waals surface area contributed by atoms with Gasteiger partial charge in [0.25, 0.3) is 22.9 Å². The maximum absolute atomic E-state index is 13.5. The summed E-state index contributed by atoms with van der Waals surface area (Å²) < 4.78 is 56.1. The highest BCUT2D eigenvalue weighted by molar-refractivity contribution is 14.1. The molecule has 0 saturated heterocycles. The molecule has 0 fully saturated rings. The number of hydrogen-bond acceptors (Lipinski definition) is 10. The number of fused-ring (bicyclic) bond motifs is 6. The van der Waals surface area contributed by atoms with Crippen molar-refractivity contribution in [1.29, 1.82) is 0 Å². The largest absolute Gasteiger partial charge is 1.00 e. The van der Waals surface area contributed by atoms with Crippen molar-refractivity contribution in [3.05, 3.63) is 198 Å². The Labute approximate surface area is 435 Å². The molecule has 10 rings (SSSR count). The van der Waals surface area contributed by atoms with Crippen LogP contribution in [0.15, 0.2) is 132 Å². The number of terminal acetylenes is 1. The van der Waals surface area contributed by atoms with Gasteiger partial charge in [-0.3, -0.25) is 38.3 Å². The minimum Gasteiger partial charge on any atom is -1.00 e. The molecule has 0 aliphatic heterocycles. The zero-order valence-electron chi connectivity index (χ0n) is 36.9. The molecule has 22 heteroatoms. The minimum atomic E-state index is -1.02. The molecule has 6 heterocycles. The number of hydrogen-bond donors (Lipinski definition) is 4. The Morgan fingerprint density at radius 1 is 0.625 bits per heavy atom. The first kappa shape index (κ1) is 51.5. The second kappa shape index (κ2) is 23.5. The van der Waals surface area contributed by atoms with E-state index in [1.165, 1.54) is 28.4 Å². The van der Waals surface area contributed by atoms with E-state index in [9.17, 15) is 36.7 Å². The van der Waals surface area contributed by atoms with Gasteiger partial charge in [-0.15, -0.1) is 6.42 Å². The van der Waals surface area contributed by atoms with Gasteiger partial charge in [0, 0.05) is 32.3 Å². The number of benzene rings is 4. The lowest BCUT2D eigenvalue weighted by Crippen LogP contribution is -3.00. The van der Waals surface area contributed by atoms with Crippen molar-refractivity contribution in [2.24, 2.45) is 0 Å². The molecule has 0 spiro atoms. The van der Waals surface area contributed by atoms with Crippen LogP contribution in [0.1, 0.15) is 37.4 Å². The monoisotopic (exact) mass is 1200 g/mol. The number of carbonyl (C=O) groups is 2. The summed E-state index contributed by atoms with van der Waals surface area (Å²) in [7, 11) is 0. The number of aromatic amines is 2. The molecule has 0 aliphatic rings. The Morgan fingerprint density at radius 3 is 1.64 bits per heavy atom. The minimum absolute atomic E-state index is 0. The molecule has 360 valence electrons. The molecule has 72 heavy (non-hydrogen) atoms. The van der Waals surface area contributed by atoms with Crippen LogP contribution in [-0.4, -0.2) is 73.9 Å². The van der Waals surface area contributed by atoms with E-state index in [2.05, 4.69) is 96.9 Å². The lowest BCUT2D eigenvalue weighted by atomic mass is 10.1. The molecule has 6 aromatic heterocycles. The molecule has 4 aromatic carbocycles. The quantitative estimate of drug-likeness (QED) is 0.0990. The number of imidazole rings is 2. The second-order valence-corrected chi connectivity index (χ2v) is 16.3. The third-order valence-corrected chi connectivity index (χ3v) is 11.0. The Bertz CT molecular complexity index is 3900. The fourth-order valence-corrected chi connectivity index (χ4v) is 7.42. The number of H-pyrrole nitrogens is 2. The third kappa shape index (κ3) is 12.1. The van der Waals surface area contributed by atoms with E-state index in [0.29, 0.717) is 11.1 Å². The van der Waals surface area contributed by atoms with Gasteiger partial charge in [-0.2, -0.15) is 0 Å². The number of nitrogens with one attached hydrogen (secondary N) is 4. The second-order valence-electron chi connectivity index (χ2n) is 15.1. The Kier molecular flexibility index (Phi) is 16.8. The van der Waals surface area contributed by atoms with E-state index in [0.717, 1.165) is 95.2 Å². The first-order chi connectivity index (χ1) is 34.4. The van der Waals surface area contributed by atoms with Crippen LogP contribution >= 0.6 is 22.6 Å². The van der Waals surface area contributed by atoms with Crippen LogP contribution in [0.3, 0.4) is 0 Å². The van der Waals surface area contributed by atoms with Crippen LogP contribution in [-0.2, 0) is 13.1 Å². The summed E-state index contributed by atoms with van der Waals surface area (Å²) in [5, 5.41) is 6.90. The number of carbonyl (C=O) groups excluding carboxylic acids is 2. The Morgan fingerprint density at radius 2 is 1.12 bits per heavy atom. The first-order valence-corrected chi connectivity index (χ1v) is 22.0. The summed E-state index contributed by atoms with van der Waals surface area (Å²) in [5.41, 5.74) is 5.24. The number of halogens is 6. The fraction of sp³-hybridized carbons (Fsp3) is 0.0800. The van der Waals surface area contributed by atoms with Crippen molar-refractivity contribution in [2.45, 2.75) is 13.1 Å². The van der Waals surface area contributed by atoms with E-state index < -0.39 is 46.2 Å². The summed E-state index contributed by atoms with van der Waals surface area (Å²) in [5.74, 6) is 2.77. The maximum Gasteiger partial charge on any atom is 0.266 e. The first-order valence-electron chi connectivity index (χ1n) is 20.9. The number of rotatable bonds is 8. The lowest BCUT2D eigenvalue weighted by Gasteiger charge is -2.08. The van der Waals surface area contributed by atoms with E-state index in [1.807, 2.05) is 36.5 Å². The molecule has 0 radical (unpaired) electrons. The van der Waals surface area contributed by atoms with Gasteiger partial charge in [0.2, 0.25) is 0 Å². The summed E-state index contributed by atoms with van der Waals surface area (Å²) in [4.78, 5) is 80.2. The predicted molar refractivity (Wildman–Crippen MR) is 264 cm³/mol. The summed E-state index contributed by atoms with van der Waals surface area (Å²) in [6.07, 6.45) is 16.6. The molecular formula is C50H33F4I2N12O4-. The zero-order valence-corrected chi connectivity index (χ0v) is 41.2. The molecule has 0 saturated carbocycles. The van der Waals surface area contributed by atoms with Crippen LogP contribution in [0.2, 0.25) is 0 Å². The molecule has 0 bridgehead atoms. The smallest absolute Gasteiger partial charge is 0.266 e. The number of aromatic nitrogens is 10. The topological polar surface area (TPSA) is 211 Å². The van der Waals surface area contributed by atoms with E-state index in [4.69, 9.17) is 6.42 Å². The third-order valence-electron chi connectivity index (χ3n) is 10.4. The van der Waals surface area contributed by atoms with Gasteiger partial charge in [-0.25, -0.2) is 37.5 Å². The van der Waals surface area contributed by atoms with Gasteiger partial charge in [-0.05, 0) is 94.4 Å². The molecule has 10 aromatic rings. The molecule has 4 N–H and O–H groups in total. The van der Waals surface area contributed by atoms with Crippen molar-refractivity contribution in [3.8, 4) is 24.2 Å². The van der Waals surface area contributed by atoms with Gasteiger partial charge in [-0.1, -0.05) is 29.9 Å². The highest BCUT2D eigenvalue weighted by atomic mass is 127. The van der Waals surface area contributed by atoms with Crippen LogP contribution in [0.5, 0.6) is 0 Å². The molecule has 2 amide bonds. The lowest BCUT2D eigenvalue weighted by molar-refractivity contribution is -0.0000326. The summed E-state index contributed by atoms with van der Waals surface area (Å²) in [6.45, 7) is -0.126. The van der Waals surface area contributed by atoms with Crippen molar-refractivity contribution in [3.63, 3.8) is 0 Å². The van der Waals surface area contributed by atoms with Gasteiger partial charge in [0.1, 0.15) is 11.1 Å². The standard InChI is InChI=1S/C25H16F2N6O2.C15H11F2N3O2.C10H6IN3.HI/c26-19-5-3-16(9-20(19)27)12-33-14-28-10-18(25(33)35)24(34)29-7-1-2-15-4-6-21-17(8-15)23-22(11-30-21)31-13-32-23;1-2-5-19-14(21)11-7-18-9-20(15(11)22)8-10-3-4-12(16)13(17)6-10;11-6-1-2-8-7(3-6)10-9(4-12-8)13-5-14-10;/h3-6,8-11,13-14H,7,12H2,(H,29,34)(H,31,32);1,3-4,6-7,9H,5,8H2,(H,19,21);1-5H,(H,13,14);1H/p-1. The van der Waals surface area contributed by atoms with Crippen LogP contribution in [0.4, 0.5) is 17.6 Å². The molecule has 0 unspecified atom stereocenters. The normalized spacial score (nSPS) is 10.5. The Hall–Kier alpha value is -8.36. The van der Waals surface area contributed by atoms with Gasteiger partial charge in [0.05, 0.1) is 97.0 Å². The highest BCUT2D eigenvalue weighted by Gasteiger charge is 2.15. The van der Waals surface area contributed by atoms with Crippen LogP contribution in [0, 0.1) is 51.0 Å². The van der Waals surface area contributed by atoms with Crippen molar-refractivity contribution in [2.75, 3.05) is 13.1 Å². The SMILES string of the molecule is C#CCNC(=O)c1cncn(Cc2ccc(F)c(F)c2)c1=O.Ic1ccc2ncc3[nH]cnc3c2c1.O=C(NCC#Cc1ccc2ncc3[nH]cnc3c2c1)c1cncn(Cc2ccc(F)c(F)c2)c1=O.[I-]. The zero-order chi connectivity index (χ0) is 50.0. The van der Waals surface area contributed by atoms with Crippen molar-refractivity contribution in [1.82, 2.24) is 59.6 Å². The molecule has 16 nitrogen and oxygen atoms in total. The molecule has 0 atom stereocenters.